The van der Waals surface area contributed by atoms with E-state index in [0.717, 1.165) is 24.9 Å². The predicted molar refractivity (Wildman–Crippen MR) is 84.1 cm³/mol. The maximum Gasteiger partial charge on any atom is 0.229 e. The normalized spacial score (nSPS) is 17.7. The van der Waals surface area contributed by atoms with E-state index in [0.29, 0.717) is 24.2 Å². The van der Waals surface area contributed by atoms with Crippen LogP contribution in [-0.4, -0.2) is 29.8 Å². The number of rotatable bonds is 3. The van der Waals surface area contributed by atoms with Gasteiger partial charge in [0.15, 0.2) is 0 Å². The molecule has 0 aliphatic carbocycles. The highest BCUT2D eigenvalue weighted by Gasteiger charge is 2.27. The maximum atomic E-state index is 12.4. The molecular formula is C17H21N3O2. The number of anilines is 1. The van der Waals surface area contributed by atoms with Crippen LogP contribution in [0.5, 0.6) is 0 Å². The summed E-state index contributed by atoms with van der Waals surface area (Å²) in [7, 11) is 0. The molecule has 22 heavy (non-hydrogen) atoms. The Morgan fingerprint density at radius 2 is 2.23 bits per heavy atom. The first-order chi connectivity index (χ1) is 10.5. The SMILES string of the molecule is CCC(=O)N1CCCC(C(=O)Nc2cc(C#N)ccc2C)C1. The van der Waals surface area contributed by atoms with Gasteiger partial charge < -0.3 is 10.2 Å². The van der Waals surface area contributed by atoms with Gasteiger partial charge in [0.05, 0.1) is 17.6 Å². The number of carbonyl (C=O) groups is 2. The largest absolute Gasteiger partial charge is 0.342 e. The summed E-state index contributed by atoms with van der Waals surface area (Å²) in [5, 5.41) is 11.9. The van der Waals surface area contributed by atoms with Crippen LogP contribution in [0.15, 0.2) is 18.2 Å². The number of amides is 2. The highest BCUT2D eigenvalue weighted by molar-refractivity contribution is 5.94. The van der Waals surface area contributed by atoms with Crippen LogP contribution in [0.4, 0.5) is 5.69 Å². The Kier molecular flexibility index (Phi) is 5.16. The number of nitriles is 1. The van der Waals surface area contributed by atoms with Crippen LogP contribution in [0.1, 0.15) is 37.3 Å². The Labute approximate surface area is 130 Å². The van der Waals surface area contributed by atoms with Crippen LogP contribution in [0, 0.1) is 24.2 Å². The van der Waals surface area contributed by atoms with Crippen LogP contribution in [0.25, 0.3) is 0 Å². The minimum absolute atomic E-state index is 0.0770. The molecule has 0 aromatic heterocycles. The standard InChI is InChI=1S/C17H21N3O2/c1-3-16(21)20-8-4-5-14(11-20)17(22)19-15-9-13(10-18)7-6-12(15)2/h6-7,9,14H,3-5,8,11H2,1-2H3,(H,19,22). The second-order valence-corrected chi connectivity index (χ2v) is 5.66. The predicted octanol–water partition coefficient (Wildman–Crippen LogP) is 2.45. The van der Waals surface area contributed by atoms with Crippen LogP contribution >= 0.6 is 0 Å². The monoisotopic (exact) mass is 299 g/mol. The molecule has 1 fully saturated rings. The first-order valence-corrected chi connectivity index (χ1v) is 7.64. The molecule has 1 atom stereocenters. The second-order valence-electron chi connectivity index (χ2n) is 5.66. The van der Waals surface area contributed by atoms with Crippen molar-refractivity contribution in [2.75, 3.05) is 18.4 Å². The molecule has 1 aliphatic heterocycles. The second kappa shape index (κ2) is 7.08. The number of aryl methyl sites for hydroxylation is 1. The number of benzene rings is 1. The van der Waals surface area contributed by atoms with Gasteiger partial charge in [0.25, 0.3) is 0 Å². The maximum absolute atomic E-state index is 12.4. The van der Waals surface area contributed by atoms with Gasteiger partial charge in [-0.1, -0.05) is 13.0 Å². The van der Waals surface area contributed by atoms with E-state index in [1.807, 2.05) is 19.9 Å². The van der Waals surface area contributed by atoms with Crippen molar-refractivity contribution < 1.29 is 9.59 Å². The van der Waals surface area contributed by atoms with Crippen molar-refractivity contribution in [3.05, 3.63) is 29.3 Å². The fourth-order valence-electron chi connectivity index (χ4n) is 2.70. The molecule has 0 saturated carbocycles. The lowest BCUT2D eigenvalue weighted by Gasteiger charge is -2.32. The molecule has 1 aromatic carbocycles. The minimum atomic E-state index is -0.186. The summed E-state index contributed by atoms with van der Waals surface area (Å²) in [5.74, 6) is -0.165. The van der Waals surface area contributed by atoms with Gasteiger partial charge in [-0.05, 0) is 37.5 Å². The van der Waals surface area contributed by atoms with E-state index in [-0.39, 0.29) is 17.7 Å². The number of nitrogens with zero attached hydrogens (tertiary/aromatic N) is 2. The zero-order chi connectivity index (χ0) is 16.1. The van der Waals surface area contributed by atoms with E-state index in [1.165, 1.54) is 0 Å². The Balaban J connectivity index is 2.06. The molecule has 1 saturated heterocycles. The first-order valence-electron chi connectivity index (χ1n) is 7.64. The Bertz CT molecular complexity index is 619. The zero-order valence-corrected chi connectivity index (χ0v) is 13.1. The molecule has 1 heterocycles. The Hall–Kier alpha value is -2.35. The number of hydrogen-bond donors (Lipinski definition) is 1. The smallest absolute Gasteiger partial charge is 0.229 e. The number of likely N-dealkylation sites (tertiary alicyclic amines) is 1. The average Bonchev–Trinajstić information content (AvgIpc) is 2.56. The average molecular weight is 299 g/mol. The van der Waals surface area contributed by atoms with E-state index in [9.17, 15) is 9.59 Å². The van der Waals surface area contributed by atoms with Gasteiger partial charge in [-0.15, -0.1) is 0 Å². The summed E-state index contributed by atoms with van der Waals surface area (Å²) in [6, 6.07) is 7.31. The molecule has 1 unspecified atom stereocenters. The fraction of sp³-hybridized carbons (Fsp3) is 0.471. The van der Waals surface area contributed by atoms with Crippen molar-refractivity contribution >= 4 is 17.5 Å². The molecule has 5 nitrogen and oxygen atoms in total. The van der Waals surface area contributed by atoms with Crippen molar-refractivity contribution in [2.45, 2.75) is 33.1 Å². The summed E-state index contributed by atoms with van der Waals surface area (Å²) < 4.78 is 0. The molecule has 0 spiro atoms. The number of carbonyl (C=O) groups excluding carboxylic acids is 2. The Morgan fingerprint density at radius 1 is 1.45 bits per heavy atom. The van der Waals surface area contributed by atoms with Gasteiger partial charge in [-0.2, -0.15) is 5.26 Å². The van der Waals surface area contributed by atoms with Gasteiger partial charge in [0.1, 0.15) is 0 Å². The molecule has 1 aliphatic rings. The van der Waals surface area contributed by atoms with Gasteiger partial charge in [0, 0.05) is 25.2 Å². The van der Waals surface area contributed by atoms with Gasteiger partial charge in [-0.3, -0.25) is 9.59 Å². The van der Waals surface area contributed by atoms with Crippen LogP contribution in [-0.2, 0) is 9.59 Å². The lowest BCUT2D eigenvalue weighted by atomic mass is 9.96. The summed E-state index contributed by atoms with van der Waals surface area (Å²) in [5.41, 5.74) is 2.11. The van der Waals surface area contributed by atoms with Crippen molar-refractivity contribution in [1.82, 2.24) is 4.90 Å². The van der Waals surface area contributed by atoms with Crippen molar-refractivity contribution in [1.29, 1.82) is 5.26 Å². The van der Waals surface area contributed by atoms with E-state index in [2.05, 4.69) is 11.4 Å². The third-order valence-corrected chi connectivity index (χ3v) is 4.07. The van der Waals surface area contributed by atoms with Crippen LogP contribution < -0.4 is 5.32 Å². The highest BCUT2D eigenvalue weighted by Crippen LogP contribution is 2.21. The molecule has 0 radical (unpaired) electrons. The summed E-state index contributed by atoms with van der Waals surface area (Å²) in [6.07, 6.45) is 2.11. The van der Waals surface area contributed by atoms with E-state index in [1.54, 1.807) is 17.0 Å². The molecule has 5 heteroatoms. The minimum Gasteiger partial charge on any atom is -0.342 e. The van der Waals surface area contributed by atoms with Crippen molar-refractivity contribution in [3.63, 3.8) is 0 Å². The quantitative estimate of drug-likeness (QED) is 0.931. The first kappa shape index (κ1) is 16.0. The molecule has 1 aromatic rings. The molecule has 0 bridgehead atoms. The van der Waals surface area contributed by atoms with Gasteiger partial charge in [-0.25, -0.2) is 0 Å². The topological polar surface area (TPSA) is 73.2 Å². The van der Waals surface area contributed by atoms with Crippen molar-refractivity contribution in [3.8, 4) is 6.07 Å². The van der Waals surface area contributed by atoms with Crippen LogP contribution in [0.2, 0.25) is 0 Å². The number of nitrogens with one attached hydrogen (secondary N) is 1. The molecule has 2 rings (SSSR count). The Morgan fingerprint density at radius 3 is 2.91 bits per heavy atom. The lowest BCUT2D eigenvalue weighted by molar-refractivity contribution is -0.134. The molecule has 1 N–H and O–H groups in total. The van der Waals surface area contributed by atoms with Gasteiger partial charge >= 0.3 is 0 Å². The molecule has 2 amide bonds. The van der Waals surface area contributed by atoms with E-state index >= 15 is 0 Å². The summed E-state index contributed by atoms with van der Waals surface area (Å²) in [4.78, 5) is 26.0. The van der Waals surface area contributed by atoms with E-state index in [4.69, 9.17) is 5.26 Å². The van der Waals surface area contributed by atoms with Crippen molar-refractivity contribution in [2.24, 2.45) is 5.92 Å². The third kappa shape index (κ3) is 3.64. The molecular weight excluding hydrogens is 278 g/mol. The van der Waals surface area contributed by atoms with Crippen LogP contribution in [0.3, 0.4) is 0 Å². The highest BCUT2D eigenvalue weighted by atomic mass is 16.2. The summed E-state index contributed by atoms with van der Waals surface area (Å²) in [6.45, 7) is 4.95. The molecule has 116 valence electrons. The third-order valence-electron chi connectivity index (χ3n) is 4.07. The fourth-order valence-corrected chi connectivity index (χ4v) is 2.70. The number of hydrogen-bond acceptors (Lipinski definition) is 3. The van der Waals surface area contributed by atoms with Gasteiger partial charge in [0.2, 0.25) is 11.8 Å². The van der Waals surface area contributed by atoms with E-state index < -0.39 is 0 Å². The zero-order valence-electron chi connectivity index (χ0n) is 13.1. The summed E-state index contributed by atoms with van der Waals surface area (Å²) >= 11 is 0. The number of piperidine rings is 1. The lowest BCUT2D eigenvalue weighted by Crippen LogP contribution is -2.43.